The molecule has 0 unspecified atom stereocenters. The monoisotopic (exact) mass is 513 g/mol. The third-order valence-electron chi connectivity index (χ3n) is 4.23. The van der Waals surface area contributed by atoms with Gasteiger partial charge in [0.2, 0.25) is 0 Å². The average molecular weight is 513 g/mol. The van der Waals surface area contributed by atoms with E-state index in [-0.39, 0.29) is 15.0 Å². The molecule has 0 aliphatic carbocycles. The third-order valence-corrected chi connectivity index (χ3v) is 6.64. The molecule has 1 N–H and O–H groups in total. The summed E-state index contributed by atoms with van der Waals surface area (Å²) in [5, 5.41) is 0. The summed E-state index contributed by atoms with van der Waals surface area (Å²) in [4.78, 5) is 3.35. The van der Waals surface area contributed by atoms with E-state index in [1.165, 1.54) is 25.6 Å². The van der Waals surface area contributed by atoms with Gasteiger partial charge in [-0.2, -0.15) is 0 Å². The fourth-order valence-electron chi connectivity index (χ4n) is 2.88. The standard InChI is InChI=1S/C25H19NSe.ClHO4/c1-4-10-21(11-5-1)24-18-20(16-17-26-23-14-8-3-9-15-23)19-25(27-24)22-12-6-2-7-13-22;2-1(3,4)5/h1-19H;(H,2,3,4,5). The van der Waals surface area contributed by atoms with Crippen molar-refractivity contribution in [3.8, 4) is 0 Å². The number of halogens is 1. The maximum absolute atomic E-state index is 8.49. The van der Waals surface area contributed by atoms with E-state index in [2.05, 4.69) is 96.0 Å². The van der Waals surface area contributed by atoms with Gasteiger partial charge in [0.05, 0.1) is 0 Å². The Morgan fingerprint density at radius 2 is 1.03 bits per heavy atom. The Labute approximate surface area is 195 Å². The topological polar surface area (TPSA) is 106 Å². The summed E-state index contributed by atoms with van der Waals surface area (Å²) in [5.74, 6) is 0. The summed E-state index contributed by atoms with van der Waals surface area (Å²) in [5.41, 5.74) is 4.92. The summed E-state index contributed by atoms with van der Waals surface area (Å²) in [6.45, 7) is 0. The van der Waals surface area contributed by atoms with Crippen molar-refractivity contribution in [2.45, 2.75) is 0 Å². The first-order valence-electron chi connectivity index (χ1n) is 9.57. The molecule has 3 aromatic carbocycles. The Balaban J connectivity index is 0.000000523. The van der Waals surface area contributed by atoms with E-state index in [0.29, 0.717) is 0 Å². The number of hydrogen-bond donors (Lipinski definition) is 1. The molecule has 0 saturated carbocycles. The van der Waals surface area contributed by atoms with Gasteiger partial charge in [0.25, 0.3) is 0 Å². The van der Waals surface area contributed by atoms with E-state index in [1.54, 1.807) is 0 Å². The van der Waals surface area contributed by atoms with Gasteiger partial charge in [-0.15, -0.1) is 10.2 Å². The zero-order valence-corrected chi connectivity index (χ0v) is 19.4. The van der Waals surface area contributed by atoms with Crippen molar-refractivity contribution in [1.29, 1.82) is 0 Å². The largest absolute Gasteiger partial charge is 0.222 e. The average Bonchev–Trinajstić information content (AvgIpc) is 2.80. The molecule has 5 nitrogen and oxygen atoms in total. The summed E-state index contributed by atoms with van der Waals surface area (Å²) in [7, 11) is -4.94. The zero-order valence-electron chi connectivity index (χ0n) is 16.9. The fraction of sp³-hybridized carbons (Fsp3) is 0. The zero-order chi connectivity index (χ0) is 22.8. The van der Waals surface area contributed by atoms with Crippen LogP contribution in [0.4, 0.5) is 5.69 Å². The van der Waals surface area contributed by atoms with Crippen LogP contribution in [0.15, 0.2) is 115 Å². The number of nitrogens with one attached hydrogen (secondary N) is 1. The number of benzene rings is 3. The first-order chi connectivity index (χ1) is 15.4. The Morgan fingerprint density at radius 3 is 1.47 bits per heavy atom. The summed E-state index contributed by atoms with van der Waals surface area (Å²) >= 11 is 0.285. The minimum Gasteiger partial charge on any atom is -0.222 e. The van der Waals surface area contributed by atoms with Crippen LogP contribution in [-0.2, 0) is 0 Å². The minimum absolute atomic E-state index is 0.285. The Bertz CT molecular complexity index is 1060. The second-order valence-corrected chi connectivity index (χ2v) is 9.60. The van der Waals surface area contributed by atoms with Gasteiger partial charge in [0.1, 0.15) is 0 Å². The fourth-order valence-corrected chi connectivity index (χ4v) is 5.26. The molecule has 3 aromatic rings. The molecule has 0 spiro atoms. The molecule has 1 aliphatic heterocycles. The minimum atomic E-state index is -4.94. The molecule has 0 aromatic heterocycles. The molecule has 0 saturated heterocycles. The van der Waals surface area contributed by atoms with Crippen molar-refractivity contribution in [3.05, 3.63) is 126 Å². The molecule has 0 radical (unpaired) electrons. The predicted octanol–water partition coefficient (Wildman–Crippen LogP) is -0.560. The van der Waals surface area contributed by atoms with Crippen LogP contribution >= 0.6 is 0 Å². The van der Waals surface area contributed by atoms with Gasteiger partial charge >= 0.3 is 167 Å². The summed E-state index contributed by atoms with van der Waals surface area (Å²) in [6, 6.07) is 31.6. The van der Waals surface area contributed by atoms with Gasteiger partial charge in [-0.25, -0.2) is 18.6 Å². The van der Waals surface area contributed by atoms with Gasteiger partial charge in [0.15, 0.2) is 0 Å². The van der Waals surface area contributed by atoms with Gasteiger partial charge in [-0.1, -0.05) is 0 Å². The van der Waals surface area contributed by atoms with Crippen LogP contribution in [0.3, 0.4) is 0 Å². The molecule has 32 heavy (non-hydrogen) atoms. The molecule has 1 heterocycles. The van der Waals surface area contributed by atoms with Crippen LogP contribution in [0, 0.1) is 10.2 Å². The molecule has 0 amide bonds. The number of hydrogen-bond acceptors (Lipinski definition) is 4. The van der Waals surface area contributed by atoms with Crippen molar-refractivity contribution in [2.75, 3.05) is 0 Å². The molecule has 0 fully saturated rings. The quantitative estimate of drug-likeness (QED) is 0.374. The predicted molar refractivity (Wildman–Crippen MR) is 116 cm³/mol. The number of allylic oxidation sites excluding steroid dienone is 4. The number of rotatable bonds is 4. The SMILES string of the molecule is C(C=C1C=C(c2ccccc2)[Se]C(c2ccccc2)=C1)=[NH+]c1ccccc1.[O-][Cl+3]([O-])([O-])[O-]. The molecule has 162 valence electrons. The van der Waals surface area contributed by atoms with Crippen LogP contribution in [0.25, 0.3) is 8.94 Å². The van der Waals surface area contributed by atoms with E-state index in [0.717, 1.165) is 5.69 Å². The van der Waals surface area contributed by atoms with Gasteiger partial charge in [-0.05, 0) is 0 Å². The summed E-state index contributed by atoms with van der Waals surface area (Å²) < 4.78 is 36.8. The first kappa shape index (κ1) is 23.9. The van der Waals surface area contributed by atoms with E-state index < -0.39 is 10.2 Å². The van der Waals surface area contributed by atoms with E-state index in [1.807, 2.05) is 24.4 Å². The molecular formula is C25H20ClNO4Se. The van der Waals surface area contributed by atoms with Gasteiger partial charge < -0.3 is 0 Å². The second-order valence-electron chi connectivity index (χ2n) is 6.57. The maximum Gasteiger partial charge on any atom is -0.112 e. The first-order valence-corrected chi connectivity index (χ1v) is 12.5. The molecule has 1 aliphatic rings. The van der Waals surface area contributed by atoms with Crippen LogP contribution < -0.4 is 23.6 Å². The van der Waals surface area contributed by atoms with Crippen LogP contribution in [0.1, 0.15) is 11.1 Å². The normalized spacial score (nSPS) is 13.7. The van der Waals surface area contributed by atoms with Gasteiger partial charge in [0, 0.05) is 0 Å². The van der Waals surface area contributed by atoms with E-state index in [9.17, 15) is 0 Å². The third kappa shape index (κ3) is 8.38. The molecule has 4 rings (SSSR count). The molecule has 0 atom stereocenters. The van der Waals surface area contributed by atoms with Crippen molar-refractivity contribution in [2.24, 2.45) is 0 Å². The Kier molecular flexibility index (Phi) is 8.73. The van der Waals surface area contributed by atoms with Crippen molar-refractivity contribution in [1.82, 2.24) is 0 Å². The van der Waals surface area contributed by atoms with Crippen molar-refractivity contribution in [3.63, 3.8) is 0 Å². The smallest absolute Gasteiger partial charge is 0.112 e. The van der Waals surface area contributed by atoms with Crippen LogP contribution in [0.5, 0.6) is 0 Å². The second kappa shape index (κ2) is 11.7. The van der Waals surface area contributed by atoms with Crippen molar-refractivity contribution < 1.29 is 33.9 Å². The Morgan fingerprint density at radius 1 is 0.625 bits per heavy atom. The van der Waals surface area contributed by atoms with E-state index in [4.69, 9.17) is 18.6 Å². The number of para-hydroxylation sites is 1. The summed E-state index contributed by atoms with van der Waals surface area (Å²) in [6.07, 6.45) is 8.78. The molecule has 0 bridgehead atoms. The van der Waals surface area contributed by atoms with Gasteiger partial charge in [-0.3, -0.25) is 0 Å². The van der Waals surface area contributed by atoms with Crippen LogP contribution in [-0.4, -0.2) is 21.2 Å². The Hall–Kier alpha value is -2.80. The molecular weight excluding hydrogens is 493 g/mol. The maximum atomic E-state index is 8.49. The van der Waals surface area contributed by atoms with Crippen molar-refractivity contribution >= 4 is 35.8 Å². The molecule has 7 heteroatoms. The van der Waals surface area contributed by atoms with E-state index >= 15 is 0 Å². The van der Waals surface area contributed by atoms with Crippen LogP contribution in [0.2, 0.25) is 0 Å².